The van der Waals surface area contributed by atoms with Gasteiger partial charge in [0, 0.05) is 24.8 Å². The van der Waals surface area contributed by atoms with Crippen LogP contribution in [-0.4, -0.2) is 37.1 Å². The Kier molecular flexibility index (Phi) is 5.66. The maximum absolute atomic E-state index is 13.3. The Hall–Kier alpha value is -2.40. The lowest BCUT2D eigenvalue weighted by Crippen LogP contribution is -2.41. The predicted octanol–water partition coefficient (Wildman–Crippen LogP) is 3.69. The van der Waals surface area contributed by atoms with E-state index < -0.39 is 0 Å². The fourth-order valence-electron chi connectivity index (χ4n) is 3.25. The summed E-state index contributed by atoms with van der Waals surface area (Å²) >= 11 is 0. The van der Waals surface area contributed by atoms with E-state index in [9.17, 15) is 9.18 Å². The number of rotatable bonds is 5. The molecule has 1 atom stereocenters. The van der Waals surface area contributed by atoms with Crippen molar-refractivity contribution in [2.75, 3.05) is 25.5 Å². The Labute approximate surface area is 147 Å². The first-order valence-corrected chi connectivity index (χ1v) is 8.56. The predicted molar refractivity (Wildman–Crippen MR) is 96.1 cm³/mol. The summed E-state index contributed by atoms with van der Waals surface area (Å²) in [5, 5.41) is 3.43. The third-order valence-electron chi connectivity index (χ3n) is 4.48. The van der Waals surface area contributed by atoms with Crippen molar-refractivity contribution in [3.63, 3.8) is 0 Å². The average molecular weight is 342 g/mol. The van der Waals surface area contributed by atoms with Crippen LogP contribution in [0.25, 0.3) is 0 Å². The molecule has 4 nitrogen and oxygen atoms in total. The highest BCUT2D eigenvalue weighted by Crippen LogP contribution is 2.19. The number of likely N-dealkylation sites (tertiary alicyclic amines) is 1. The number of nitrogens with zero attached hydrogens (tertiary/aromatic N) is 1. The number of anilines is 1. The minimum Gasteiger partial charge on any atom is -0.465 e. The van der Waals surface area contributed by atoms with Gasteiger partial charge < -0.3 is 10.1 Å². The number of hydrogen-bond acceptors (Lipinski definition) is 4. The van der Waals surface area contributed by atoms with E-state index in [0.29, 0.717) is 11.6 Å². The molecular weight excluding hydrogens is 319 g/mol. The first-order valence-electron chi connectivity index (χ1n) is 8.56. The van der Waals surface area contributed by atoms with E-state index in [1.54, 1.807) is 18.2 Å². The van der Waals surface area contributed by atoms with Crippen LogP contribution >= 0.6 is 0 Å². The molecule has 1 heterocycles. The number of nitrogens with one attached hydrogen (secondary N) is 1. The van der Waals surface area contributed by atoms with Gasteiger partial charge in [-0.15, -0.1) is 0 Å². The maximum atomic E-state index is 13.3. The number of piperidine rings is 1. The summed E-state index contributed by atoms with van der Waals surface area (Å²) in [5.74, 6) is -0.535. The zero-order valence-electron chi connectivity index (χ0n) is 14.4. The van der Waals surface area contributed by atoms with Crippen LogP contribution in [0.4, 0.5) is 10.1 Å². The first-order chi connectivity index (χ1) is 12.1. The summed E-state index contributed by atoms with van der Waals surface area (Å²) in [6.07, 6.45) is 2.18. The monoisotopic (exact) mass is 342 g/mol. The molecule has 0 unspecified atom stereocenters. The lowest BCUT2D eigenvalue weighted by molar-refractivity contribution is 0.0600. The number of esters is 1. The molecule has 3 rings (SSSR count). The molecule has 0 saturated carbocycles. The van der Waals surface area contributed by atoms with E-state index in [2.05, 4.69) is 10.2 Å². The van der Waals surface area contributed by atoms with E-state index in [1.165, 1.54) is 24.8 Å². The zero-order chi connectivity index (χ0) is 17.6. The Morgan fingerprint density at radius 3 is 2.80 bits per heavy atom. The van der Waals surface area contributed by atoms with Crippen LogP contribution in [0.2, 0.25) is 0 Å². The lowest BCUT2D eigenvalue weighted by atomic mass is 10.0. The molecule has 1 fully saturated rings. The molecule has 1 N–H and O–H groups in total. The molecule has 0 spiro atoms. The normalized spacial score (nSPS) is 17.9. The summed E-state index contributed by atoms with van der Waals surface area (Å²) in [5.41, 5.74) is 2.56. The van der Waals surface area contributed by atoms with E-state index >= 15 is 0 Å². The summed E-state index contributed by atoms with van der Waals surface area (Å²) in [6, 6.07) is 14.5. The summed E-state index contributed by atoms with van der Waals surface area (Å²) in [4.78, 5) is 13.9. The molecule has 2 aromatic carbocycles. The van der Waals surface area contributed by atoms with Gasteiger partial charge in [-0.1, -0.05) is 18.2 Å². The molecule has 0 aromatic heterocycles. The molecule has 1 saturated heterocycles. The summed E-state index contributed by atoms with van der Waals surface area (Å²) in [6.45, 7) is 2.79. The zero-order valence-corrected chi connectivity index (χ0v) is 14.4. The molecule has 1 aliphatic rings. The second kappa shape index (κ2) is 8.12. The molecular formula is C20H23FN2O2. The number of hydrogen-bond donors (Lipinski definition) is 1. The second-order valence-corrected chi connectivity index (χ2v) is 6.42. The SMILES string of the molecule is COC(=O)c1ccc(CN2CCC[C@H](Nc3cccc(F)c3)C2)cc1. The molecule has 1 aliphatic heterocycles. The Morgan fingerprint density at radius 1 is 1.28 bits per heavy atom. The van der Waals surface area contributed by atoms with Crippen LogP contribution < -0.4 is 5.32 Å². The Balaban J connectivity index is 1.57. The molecule has 132 valence electrons. The highest BCUT2D eigenvalue weighted by atomic mass is 19.1. The van der Waals surface area contributed by atoms with Crippen molar-refractivity contribution in [1.82, 2.24) is 4.90 Å². The largest absolute Gasteiger partial charge is 0.465 e. The molecule has 5 heteroatoms. The lowest BCUT2D eigenvalue weighted by Gasteiger charge is -2.33. The van der Waals surface area contributed by atoms with Gasteiger partial charge in [-0.05, 0) is 55.3 Å². The third kappa shape index (κ3) is 4.79. The van der Waals surface area contributed by atoms with Crippen LogP contribution in [0.1, 0.15) is 28.8 Å². The number of methoxy groups -OCH3 is 1. The first kappa shape index (κ1) is 17.4. The molecule has 25 heavy (non-hydrogen) atoms. The summed E-state index contributed by atoms with van der Waals surface area (Å²) in [7, 11) is 1.38. The fourth-order valence-corrected chi connectivity index (χ4v) is 3.25. The summed E-state index contributed by atoms with van der Waals surface area (Å²) < 4.78 is 18.0. The van der Waals surface area contributed by atoms with Gasteiger partial charge in [0.2, 0.25) is 0 Å². The van der Waals surface area contributed by atoms with Crippen LogP contribution in [0.5, 0.6) is 0 Å². The van der Waals surface area contributed by atoms with Gasteiger partial charge in [0.05, 0.1) is 12.7 Å². The van der Waals surface area contributed by atoms with Crippen LogP contribution in [0.3, 0.4) is 0 Å². The van der Waals surface area contributed by atoms with E-state index in [4.69, 9.17) is 4.74 Å². The molecule has 0 radical (unpaired) electrons. The Bertz CT molecular complexity index is 718. The minimum absolute atomic E-state index is 0.219. The van der Waals surface area contributed by atoms with Crippen molar-refractivity contribution < 1.29 is 13.9 Å². The number of carbonyl (C=O) groups excluding carboxylic acids is 1. The number of benzene rings is 2. The molecule has 0 amide bonds. The van der Waals surface area contributed by atoms with Gasteiger partial charge in [-0.3, -0.25) is 4.90 Å². The number of halogens is 1. The fraction of sp³-hybridized carbons (Fsp3) is 0.350. The molecule has 0 aliphatic carbocycles. The van der Waals surface area contributed by atoms with Gasteiger partial charge in [-0.2, -0.15) is 0 Å². The van der Waals surface area contributed by atoms with E-state index in [-0.39, 0.29) is 11.8 Å². The van der Waals surface area contributed by atoms with E-state index in [1.807, 2.05) is 18.2 Å². The molecule has 0 bridgehead atoms. The van der Waals surface area contributed by atoms with Crippen molar-refractivity contribution in [3.8, 4) is 0 Å². The highest BCUT2D eigenvalue weighted by Gasteiger charge is 2.20. The second-order valence-electron chi connectivity index (χ2n) is 6.42. The van der Waals surface area contributed by atoms with Crippen LogP contribution in [0, 0.1) is 5.82 Å². The van der Waals surface area contributed by atoms with Crippen LogP contribution in [0.15, 0.2) is 48.5 Å². The van der Waals surface area contributed by atoms with Crippen molar-refractivity contribution in [1.29, 1.82) is 0 Å². The molecule has 2 aromatic rings. The quantitative estimate of drug-likeness (QED) is 0.842. The number of ether oxygens (including phenoxy) is 1. The van der Waals surface area contributed by atoms with Crippen molar-refractivity contribution >= 4 is 11.7 Å². The average Bonchev–Trinajstić information content (AvgIpc) is 2.62. The van der Waals surface area contributed by atoms with Crippen molar-refractivity contribution in [3.05, 3.63) is 65.5 Å². The Morgan fingerprint density at radius 2 is 2.08 bits per heavy atom. The van der Waals surface area contributed by atoms with Gasteiger partial charge in [-0.25, -0.2) is 9.18 Å². The third-order valence-corrected chi connectivity index (χ3v) is 4.48. The minimum atomic E-state index is -0.316. The standard InChI is InChI=1S/C20H23FN2O2/c1-25-20(24)16-9-7-15(8-10-16)13-23-11-3-6-19(14-23)22-18-5-2-4-17(21)12-18/h2,4-5,7-10,12,19,22H,3,6,11,13-14H2,1H3/t19-/m0/s1. The van der Waals surface area contributed by atoms with Gasteiger partial charge in [0.1, 0.15) is 5.82 Å². The number of carbonyl (C=O) groups is 1. The maximum Gasteiger partial charge on any atom is 0.337 e. The van der Waals surface area contributed by atoms with Crippen molar-refractivity contribution in [2.45, 2.75) is 25.4 Å². The topological polar surface area (TPSA) is 41.6 Å². The smallest absolute Gasteiger partial charge is 0.337 e. The van der Waals surface area contributed by atoms with Crippen molar-refractivity contribution in [2.24, 2.45) is 0 Å². The van der Waals surface area contributed by atoms with Gasteiger partial charge >= 0.3 is 5.97 Å². The van der Waals surface area contributed by atoms with E-state index in [0.717, 1.165) is 38.2 Å². The van der Waals surface area contributed by atoms with Crippen LogP contribution in [-0.2, 0) is 11.3 Å². The van der Waals surface area contributed by atoms with Gasteiger partial charge in [0.15, 0.2) is 0 Å². The van der Waals surface area contributed by atoms with Gasteiger partial charge in [0.25, 0.3) is 0 Å². The highest BCUT2D eigenvalue weighted by molar-refractivity contribution is 5.89.